The Morgan fingerprint density at radius 3 is 2.44 bits per heavy atom. The molecule has 0 bridgehead atoms. The molecule has 0 amide bonds. The van der Waals surface area contributed by atoms with Crippen molar-refractivity contribution < 1.29 is 17.0 Å². The van der Waals surface area contributed by atoms with Crippen LogP contribution in [-0.4, -0.2) is 27.5 Å². The molecule has 0 atom stereocenters. The Kier molecular flexibility index (Phi) is 3.92. The lowest BCUT2D eigenvalue weighted by molar-refractivity contribution is 0.489. The van der Waals surface area contributed by atoms with Crippen LogP contribution in [0.1, 0.15) is 0 Å². The van der Waals surface area contributed by atoms with E-state index in [-0.39, 0.29) is 21.7 Å². The van der Waals surface area contributed by atoms with Gasteiger partial charge in [0.1, 0.15) is 10.4 Å². The van der Waals surface area contributed by atoms with Crippen LogP contribution in [0.25, 0.3) is 21.9 Å². The summed E-state index contributed by atoms with van der Waals surface area (Å²) in [6, 6.07) is 15.2. The number of rotatable bonds is 4. The summed E-state index contributed by atoms with van der Waals surface area (Å²) in [6.45, 7) is 0. The van der Waals surface area contributed by atoms with Gasteiger partial charge in [-0.3, -0.25) is 4.98 Å². The van der Waals surface area contributed by atoms with E-state index in [0.29, 0.717) is 5.39 Å². The molecule has 4 rings (SSSR count). The maximum atomic E-state index is 12.9. The fourth-order valence-electron chi connectivity index (χ4n) is 3.05. The number of benzene rings is 3. The van der Waals surface area contributed by atoms with Crippen LogP contribution in [0.4, 0.5) is 5.69 Å². The first kappa shape index (κ1) is 17.2. The molecule has 0 unspecified atom stereocenters. The summed E-state index contributed by atoms with van der Waals surface area (Å²) < 4.78 is 36.2. The Balaban J connectivity index is 1.86. The van der Waals surface area contributed by atoms with Gasteiger partial charge in [0.05, 0.1) is 0 Å². The molecule has 0 aliphatic heterocycles. The number of nitrogens with zero attached hydrogens (tertiary/aromatic N) is 1. The highest BCUT2D eigenvalue weighted by Crippen LogP contribution is 2.34. The van der Waals surface area contributed by atoms with Crippen LogP contribution in [0.5, 0.6) is 5.75 Å². The third-order valence-electron chi connectivity index (χ3n) is 4.23. The Bertz CT molecular complexity index is 1320. The quantitative estimate of drug-likeness (QED) is 0.544. The van der Waals surface area contributed by atoms with Gasteiger partial charge >= 0.3 is 15.9 Å². The van der Waals surface area contributed by atoms with Gasteiger partial charge < -0.3 is 13.5 Å². The molecule has 1 heterocycles. The van der Waals surface area contributed by atoms with E-state index < -0.39 is 15.9 Å². The lowest BCUT2D eigenvalue weighted by Crippen LogP contribution is -2.12. The van der Waals surface area contributed by atoms with Gasteiger partial charge in [0.2, 0.25) is 0 Å². The minimum Gasteiger partial charge on any atom is -0.408 e. The topological polar surface area (TPSA) is 92.6 Å². The second-order valence-electron chi connectivity index (χ2n) is 6.20. The Labute approximate surface area is 154 Å². The predicted octanol–water partition coefficient (Wildman–Crippen LogP) is 3.11. The molecule has 8 heteroatoms. The van der Waals surface area contributed by atoms with Gasteiger partial charge in [-0.05, 0) is 24.3 Å². The van der Waals surface area contributed by atoms with E-state index in [1.54, 1.807) is 18.2 Å². The van der Waals surface area contributed by atoms with Crippen LogP contribution in [0.2, 0.25) is 0 Å². The summed E-state index contributed by atoms with van der Waals surface area (Å²) >= 11 is 0. The number of H-pyrrole nitrogens is 1. The fraction of sp³-hybridized carbons (Fsp3) is 0.105. The molecule has 0 fully saturated rings. The Morgan fingerprint density at radius 1 is 0.963 bits per heavy atom. The molecule has 0 aliphatic carbocycles. The number of aromatic nitrogens is 1. The summed E-state index contributed by atoms with van der Waals surface area (Å²) in [6.07, 6.45) is 0. The van der Waals surface area contributed by atoms with Crippen molar-refractivity contribution in [3.63, 3.8) is 0 Å². The summed E-state index contributed by atoms with van der Waals surface area (Å²) in [7, 11) is -0.371. The minimum absolute atomic E-state index is 0.0803. The van der Waals surface area contributed by atoms with Crippen molar-refractivity contribution in [2.75, 3.05) is 19.0 Å². The number of para-hydroxylation sites is 1. The molecule has 0 saturated carbocycles. The third-order valence-corrected chi connectivity index (χ3v) is 5.51. The Morgan fingerprint density at radius 2 is 1.67 bits per heavy atom. The molecular weight excluding hydrogens is 368 g/mol. The standard InChI is InChI=1S/C19H16N2O5S/c1-21(2)14-8-3-7-13-12(14)6-4-9-15(13)26-27(23,24)17-11-5-10-16-18(17)20-19(22)25-16/h3-11H,1-2H3,(H,20,22). The highest BCUT2D eigenvalue weighted by molar-refractivity contribution is 7.87. The first-order valence-electron chi connectivity index (χ1n) is 8.12. The zero-order chi connectivity index (χ0) is 19.2. The first-order valence-corrected chi connectivity index (χ1v) is 9.53. The molecule has 27 heavy (non-hydrogen) atoms. The van der Waals surface area contributed by atoms with Crippen LogP contribution in [-0.2, 0) is 10.1 Å². The second-order valence-corrected chi connectivity index (χ2v) is 7.72. The predicted molar refractivity (Wildman–Crippen MR) is 103 cm³/mol. The number of hydrogen-bond donors (Lipinski definition) is 1. The molecule has 0 aliphatic rings. The summed E-state index contributed by atoms with van der Waals surface area (Å²) in [5.41, 5.74) is 1.17. The minimum atomic E-state index is -4.19. The van der Waals surface area contributed by atoms with E-state index in [0.717, 1.165) is 11.1 Å². The number of nitrogens with one attached hydrogen (secondary N) is 1. The van der Waals surface area contributed by atoms with Gasteiger partial charge in [0, 0.05) is 30.6 Å². The van der Waals surface area contributed by atoms with Crippen molar-refractivity contribution in [2.24, 2.45) is 0 Å². The fourth-order valence-corrected chi connectivity index (χ4v) is 4.16. The normalized spacial score (nSPS) is 11.8. The van der Waals surface area contributed by atoms with E-state index >= 15 is 0 Å². The number of anilines is 1. The van der Waals surface area contributed by atoms with E-state index in [4.69, 9.17) is 8.60 Å². The van der Waals surface area contributed by atoms with Gasteiger partial charge in [-0.2, -0.15) is 8.42 Å². The van der Waals surface area contributed by atoms with Crippen LogP contribution < -0.4 is 14.8 Å². The van der Waals surface area contributed by atoms with E-state index in [1.807, 2.05) is 37.2 Å². The molecule has 4 aromatic rings. The highest BCUT2D eigenvalue weighted by Gasteiger charge is 2.23. The molecule has 1 N–H and O–H groups in total. The van der Waals surface area contributed by atoms with Crippen LogP contribution >= 0.6 is 0 Å². The maximum Gasteiger partial charge on any atom is 0.417 e. The summed E-state index contributed by atoms with van der Waals surface area (Å²) in [5, 5.41) is 1.53. The smallest absolute Gasteiger partial charge is 0.408 e. The van der Waals surface area contributed by atoms with E-state index in [1.165, 1.54) is 18.2 Å². The van der Waals surface area contributed by atoms with Crippen molar-refractivity contribution in [1.29, 1.82) is 0 Å². The second kappa shape index (κ2) is 6.17. The third kappa shape index (κ3) is 2.93. The van der Waals surface area contributed by atoms with E-state index in [9.17, 15) is 13.2 Å². The molecule has 0 spiro atoms. The Hall–Kier alpha value is -3.26. The lowest BCUT2D eigenvalue weighted by atomic mass is 10.1. The monoisotopic (exact) mass is 384 g/mol. The van der Waals surface area contributed by atoms with E-state index in [2.05, 4.69) is 4.98 Å². The van der Waals surface area contributed by atoms with Gasteiger partial charge in [-0.15, -0.1) is 0 Å². The van der Waals surface area contributed by atoms with Crippen LogP contribution in [0, 0.1) is 0 Å². The number of oxazole rings is 1. The van der Waals surface area contributed by atoms with Crippen LogP contribution in [0.3, 0.4) is 0 Å². The van der Waals surface area contributed by atoms with Gasteiger partial charge in [0.15, 0.2) is 11.3 Å². The molecular formula is C19H16N2O5S. The van der Waals surface area contributed by atoms with Crippen molar-refractivity contribution in [3.8, 4) is 5.75 Å². The zero-order valence-electron chi connectivity index (χ0n) is 14.6. The number of fused-ring (bicyclic) bond motifs is 2. The molecule has 1 aromatic heterocycles. The average molecular weight is 384 g/mol. The largest absolute Gasteiger partial charge is 0.417 e. The number of aromatic amines is 1. The summed E-state index contributed by atoms with van der Waals surface area (Å²) in [4.78, 5) is 15.6. The molecule has 3 aromatic carbocycles. The average Bonchev–Trinajstić information content (AvgIpc) is 3.01. The van der Waals surface area contributed by atoms with Gasteiger partial charge in [-0.1, -0.05) is 30.3 Å². The van der Waals surface area contributed by atoms with Crippen molar-refractivity contribution in [3.05, 3.63) is 65.1 Å². The number of hydrogen-bond acceptors (Lipinski definition) is 6. The SMILES string of the molecule is CN(C)c1cccc2c(OS(=O)(=O)c3cccc4oc(=O)[nH]c34)cccc12. The van der Waals surface area contributed by atoms with Crippen molar-refractivity contribution >= 4 is 37.7 Å². The van der Waals surface area contributed by atoms with Gasteiger partial charge in [-0.25, -0.2) is 4.79 Å². The lowest BCUT2D eigenvalue weighted by Gasteiger charge is -2.17. The molecule has 0 saturated heterocycles. The van der Waals surface area contributed by atoms with Gasteiger partial charge in [0.25, 0.3) is 0 Å². The first-order chi connectivity index (χ1) is 12.9. The molecule has 0 radical (unpaired) electrons. The maximum absolute atomic E-state index is 12.9. The molecule has 7 nitrogen and oxygen atoms in total. The van der Waals surface area contributed by atoms with Crippen molar-refractivity contribution in [1.82, 2.24) is 4.98 Å². The van der Waals surface area contributed by atoms with Crippen molar-refractivity contribution in [2.45, 2.75) is 4.90 Å². The molecule has 138 valence electrons. The zero-order valence-corrected chi connectivity index (χ0v) is 15.4. The highest BCUT2D eigenvalue weighted by atomic mass is 32.2. The summed E-state index contributed by atoms with van der Waals surface area (Å²) in [5.74, 6) is -0.521. The van der Waals surface area contributed by atoms with Crippen LogP contribution in [0.15, 0.2) is 68.7 Å².